The van der Waals surface area contributed by atoms with Crippen molar-refractivity contribution >= 4 is 12.4 Å². The second-order valence-electron chi connectivity index (χ2n) is 5.34. The van der Waals surface area contributed by atoms with Crippen LogP contribution in [-0.4, -0.2) is 9.13 Å². The van der Waals surface area contributed by atoms with Gasteiger partial charge in [0, 0.05) is 0 Å². The number of aromatic nitrogens is 4. The highest BCUT2D eigenvalue weighted by Crippen LogP contribution is 1.92. The summed E-state index contributed by atoms with van der Waals surface area (Å²) in [5.41, 5.74) is 0. The van der Waals surface area contributed by atoms with E-state index in [4.69, 9.17) is 0 Å². The molecule has 160 valence electrons. The van der Waals surface area contributed by atoms with Crippen LogP contribution in [-0.2, 0) is 27.2 Å². The summed E-state index contributed by atoms with van der Waals surface area (Å²) in [7, 11) is 4.09. The largest absolute Gasteiger partial charge is 1.00 e. The minimum absolute atomic E-state index is 0. The normalized spacial score (nSPS) is 7.85. The SMILES string of the molecule is C.C.C.C.CCCCn1cc[n+](C)c1.CCCCn1cc[n+](C)c1.Cl.[Cl-]. The Morgan fingerprint density at radius 3 is 1.19 bits per heavy atom. The van der Waals surface area contributed by atoms with Crippen molar-refractivity contribution in [2.75, 3.05) is 0 Å². The van der Waals surface area contributed by atoms with Crippen LogP contribution < -0.4 is 21.5 Å². The van der Waals surface area contributed by atoms with Gasteiger partial charge in [-0.05, 0) is 12.8 Å². The minimum Gasteiger partial charge on any atom is -1.00 e. The van der Waals surface area contributed by atoms with Crippen LogP contribution in [0.5, 0.6) is 0 Å². The van der Waals surface area contributed by atoms with Crippen LogP contribution in [0.3, 0.4) is 0 Å². The van der Waals surface area contributed by atoms with E-state index in [9.17, 15) is 0 Å². The molecule has 0 N–H and O–H groups in total. The van der Waals surface area contributed by atoms with Gasteiger partial charge in [-0.25, -0.2) is 18.3 Å². The smallest absolute Gasteiger partial charge is 0.243 e. The Morgan fingerprint density at radius 1 is 0.692 bits per heavy atom. The van der Waals surface area contributed by atoms with Crippen molar-refractivity contribution in [3.63, 3.8) is 0 Å². The summed E-state index contributed by atoms with van der Waals surface area (Å²) in [6.45, 7) is 6.72. The van der Waals surface area contributed by atoms with Crippen molar-refractivity contribution in [3.8, 4) is 0 Å². The van der Waals surface area contributed by atoms with Gasteiger partial charge in [0.1, 0.15) is 24.8 Å². The Hall–Kier alpha value is -1.00. The average Bonchev–Trinajstić information content (AvgIpc) is 3.03. The molecule has 0 aromatic carbocycles. The fourth-order valence-electron chi connectivity index (χ4n) is 1.95. The summed E-state index contributed by atoms with van der Waals surface area (Å²) in [5, 5.41) is 0. The molecule has 0 aliphatic carbocycles. The highest BCUT2D eigenvalue weighted by atomic mass is 35.5. The van der Waals surface area contributed by atoms with Gasteiger partial charge < -0.3 is 12.4 Å². The fourth-order valence-corrected chi connectivity index (χ4v) is 1.95. The van der Waals surface area contributed by atoms with Gasteiger partial charge in [0.05, 0.1) is 27.2 Å². The third-order valence-corrected chi connectivity index (χ3v) is 3.19. The van der Waals surface area contributed by atoms with E-state index in [1.165, 1.54) is 25.7 Å². The highest BCUT2D eigenvalue weighted by Gasteiger charge is 1.97. The number of hydrogen-bond donors (Lipinski definition) is 0. The molecule has 2 aromatic rings. The average molecular weight is 415 g/mol. The maximum absolute atomic E-state index is 2.21. The standard InChI is InChI=1S/2C8H15N2.4CH4.2ClH/c2*1-3-4-5-10-7-6-9(2)8-10;;;;;;/h2*6-8H,3-5H2,1-2H3;4*1H4;2*1H/q2*+1;;;;;;/p-1. The van der Waals surface area contributed by atoms with Crippen molar-refractivity contribution in [1.29, 1.82) is 0 Å². The maximum atomic E-state index is 2.21. The zero-order valence-electron chi connectivity index (χ0n) is 14.3. The molecule has 4 nitrogen and oxygen atoms in total. The molecule has 2 heterocycles. The van der Waals surface area contributed by atoms with Gasteiger partial charge in [0.15, 0.2) is 0 Å². The van der Waals surface area contributed by atoms with Crippen molar-refractivity contribution in [2.24, 2.45) is 14.1 Å². The van der Waals surface area contributed by atoms with Crippen LogP contribution >= 0.6 is 12.4 Å². The van der Waals surface area contributed by atoms with Crippen molar-refractivity contribution < 1.29 is 21.5 Å². The van der Waals surface area contributed by atoms with E-state index in [0.717, 1.165) is 13.1 Å². The van der Waals surface area contributed by atoms with Crippen LogP contribution in [0.4, 0.5) is 0 Å². The lowest BCUT2D eigenvalue weighted by Gasteiger charge is -1.90. The van der Waals surface area contributed by atoms with Crippen molar-refractivity contribution in [1.82, 2.24) is 9.13 Å². The van der Waals surface area contributed by atoms with Gasteiger partial charge in [-0.15, -0.1) is 12.4 Å². The van der Waals surface area contributed by atoms with E-state index in [0.29, 0.717) is 0 Å². The van der Waals surface area contributed by atoms with Gasteiger partial charge in [-0.2, -0.15) is 0 Å². The third-order valence-electron chi connectivity index (χ3n) is 3.19. The van der Waals surface area contributed by atoms with Crippen molar-refractivity contribution in [2.45, 2.75) is 82.3 Å². The van der Waals surface area contributed by atoms with E-state index >= 15 is 0 Å². The minimum atomic E-state index is 0. The van der Waals surface area contributed by atoms with Gasteiger partial charge in [-0.1, -0.05) is 56.4 Å². The number of imidazole rings is 2. The van der Waals surface area contributed by atoms with Gasteiger partial charge in [0.2, 0.25) is 12.7 Å². The molecule has 2 aromatic heterocycles. The first-order chi connectivity index (χ1) is 9.65. The number of halogens is 2. The molecule has 0 aliphatic rings. The molecule has 26 heavy (non-hydrogen) atoms. The van der Waals surface area contributed by atoms with E-state index in [1.54, 1.807) is 0 Å². The lowest BCUT2D eigenvalue weighted by Crippen LogP contribution is -3.00. The first-order valence-electron chi connectivity index (χ1n) is 7.67. The Labute approximate surface area is 177 Å². The Balaban J connectivity index is -0.0000000625. The summed E-state index contributed by atoms with van der Waals surface area (Å²) in [6.07, 6.45) is 17.6. The maximum Gasteiger partial charge on any atom is 0.243 e. The summed E-state index contributed by atoms with van der Waals surface area (Å²) in [6, 6.07) is 0. The molecule has 0 amide bonds. The monoisotopic (exact) mass is 413 g/mol. The number of aryl methyl sites for hydroxylation is 4. The predicted octanol–water partition coefficient (Wildman–Crippen LogP) is 2.20. The Kier molecular flexibility index (Phi) is 36.8. The molecule has 0 atom stereocenters. The van der Waals surface area contributed by atoms with Crippen LogP contribution in [0.25, 0.3) is 0 Å². The third kappa shape index (κ3) is 17.8. The lowest BCUT2D eigenvalue weighted by atomic mass is 10.3. The summed E-state index contributed by atoms with van der Waals surface area (Å²) < 4.78 is 8.55. The van der Waals surface area contributed by atoms with E-state index < -0.39 is 0 Å². The predicted molar refractivity (Wildman–Crippen MR) is 115 cm³/mol. The molecule has 0 bridgehead atoms. The number of hydrogen-bond acceptors (Lipinski definition) is 0. The molecule has 0 aliphatic heterocycles. The number of nitrogens with zero attached hydrogens (tertiary/aromatic N) is 4. The molecule has 0 fully saturated rings. The van der Waals surface area contributed by atoms with Crippen LogP contribution in [0, 0.1) is 0 Å². The van der Waals surface area contributed by atoms with Crippen molar-refractivity contribution in [3.05, 3.63) is 37.4 Å². The first kappa shape index (κ1) is 39.9. The van der Waals surface area contributed by atoms with Gasteiger partial charge in [0.25, 0.3) is 0 Å². The van der Waals surface area contributed by atoms with Crippen LogP contribution in [0.2, 0.25) is 0 Å². The quantitative estimate of drug-likeness (QED) is 0.645. The molecule has 2 rings (SSSR count). The first-order valence-corrected chi connectivity index (χ1v) is 7.67. The second kappa shape index (κ2) is 24.0. The molecule has 0 unspecified atom stereocenters. The zero-order valence-corrected chi connectivity index (χ0v) is 15.9. The lowest BCUT2D eigenvalue weighted by molar-refractivity contribution is -0.671. The number of unbranched alkanes of at least 4 members (excludes halogenated alkanes) is 2. The fraction of sp³-hybridized carbons (Fsp3) is 0.700. The second-order valence-corrected chi connectivity index (χ2v) is 5.34. The summed E-state index contributed by atoms with van der Waals surface area (Å²) in [5.74, 6) is 0. The zero-order chi connectivity index (χ0) is 14.8. The van der Waals surface area contributed by atoms with Crippen LogP contribution in [0.1, 0.15) is 69.2 Å². The Morgan fingerprint density at radius 2 is 1.00 bits per heavy atom. The molecule has 0 saturated carbocycles. The van der Waals surface area contributed by atoms with Gasteiger partial charge >= 0.3 is 0 Å². The summed E-state index contributed by atoms with van der Waals surface area (Å²) >= 11 is 0. The highest BCUT2D eigenvalue weighted by molar-refractivity contribution is 5.85. The molecule has 0 spiro atoms. The topological polar surface area (TPSA) is 17.6 Å². The number of rotatable bonds is 6. The molecule has 0 radical (unpaired) electrons. The molecule has 0 saturated heterocycles. The van der Waals surface area contributed by atoms with Gasteiger partial charge in [-0.3, -0.25) is 0 Å². The van der Waals surface area contributed by atoms with E-state index in [2.05, 4.69) is 69.6 Å². The van der Waals surface area contributed by atoms with Crippen LogP contribution in [0.15, 0.2) is 37.4 Å². The van der Waals surface area contributed by atoms with E-state index in [-0.39, 0.29) is 54.5 Å². The molecular formula is C20H47Cl2N4+. The molecular weight excluding hydrogens is 367 g/mol. The molecule has 6 heteroatoms. The van der Waals surface area contributed by atoms with E-state index in [1.807, 2.05) is 14.1 Å². The Bertz CT molecular complexity index is 437. The summed E-state index contributed by atoms with van der Waals surface area (Å²) in [4.78, 5) is 0.